The van der Waals surface area contributed by atoms with Gasteiger partial charge in [-0.2, -0.15) is 0 Å². The molecule has 2 N–H and O–H groups in total. The van der Waals surface area contributed by atoms with Crippen molar-refractivity contribution in [2.24, 2.45) is 0 Å². The SMILES string of the molecule is CCNS(=O)(=O)c1cccc(C(=O)OC(C)C(=O)NCc2ccc(OC)c(OC)c2)c1. The van der Waals surface area contributed by atoms with Crippen LogP contribution in [0.3, 0.4) is 0 Å². The fourth-order valence-electron chi connectivity index (χ4n) is 2.67. The smallest absolute Gasteiger partial charge is 0.338 e. The molecule has 0 saturated heterocycles. The molecule has 0 aliphatic carbocycles. The van der Waals surface area contributed by atoms with Crippen LogP contribution in [0.25, 0.3) is 0 Å². The van der Waals surface area contributed by atoms with Gasteiger partial charge in [0.15, 0.2) is 17.6 Å². The number of hydrogen-bond acceptors (Lipinski definition) is 7. The van der Waals surface area contributed by atoms with Crippen LogP contribution in [0, 0.1) is 0 Å². The summed E-state index contributed by atoms with van der Waals surface area (Å²) in [7, 11) is -0.675. The molecule has 10 heteroatoms. The van der Waals surface area contributed by atoms with E-state index in [9.17, 15) is 18.0 Å². The third kappa shape index (κ3) is 6.43. The minimum Gasteiger partial charge on any atom is -0.493 e. The molecule has 0 saturated carbocycles. The third-order valence-corrected chi connectivity index (χ3v) is 5.83. The van der Waals surface area contributed by atoms with Crippen LogP contribution in [-0.2, 0) is 26.1 Å². The quantitative estimate of drug-likeness (QED) is 0.530. The van der Waals surface area contributed by atoms with E-state index in [1.165, 1.54) is 45.4 Å². The van der Waals surface area contributed by atoms with Gasteiger partial charge in [0.1, 0.15) is 0 Å². The predicted molar refractivity (Wildman–Crippen MR) is 114 cm³/mol. The minimum atomic E-state index is -3.72. The highest BCUT2D eigenvalue weighted by Crippen LogP contribution is 2.27. The first-order chi connectivity index (χ1) is 14.7. The van der Waals surface area contributed by atoms with E-state index in [4.69, 9.17) is 14.2 Å². The highest BCUT2D eigenvalue weighted by molar-refractivity contribution is 7.89. The predicted octanol–water partition coefficient (Wildman–Crippen LogP) is 1.86. The molecule has 0 aromatic heterocycles. The van der Waals surface area contributed by atoms with Crippen LogP contribution in [0.15, 0.2) is 47.4 Å². The van der Waals surface area contributed by atoms with Gasteiger partial charge in [-0.15, -0.1) is 0 Å². The zero-order valence-electron chi connectivity index (χ0n) is 17.8. The molecule has 2 rings (SSSR count). The van der Waals surface area contributed by atoms with Crippen molar-refractivity contribution in [2.75, 3.05) is 20.8 Å². The molecule has 1 amide bonds. The van der Waals surface area contributed by atoms with Crippen LogP contribution in [0.4, 0.5) is 0 Å². The minimum absolute atomic E-state index is 0.0264. The second-order valence-electron chi connectivity index (χ2n) is 6.48. The van der Waals surface area contributed by atoms with Gasteiger partial charge in [-0.25, -0.2) is 17.9 Å². The summed E-state index contributed by atoms with van der Waals surface area (Å²) in [4.78, 5) is 24.6. The van der Waals surface area contributed by atoms with Gasteiger partial charge in [0, 0.05) is 13.1 Å². The molecule has 2 aromatic carbocycles. The van der Waals surface area contributed by atoms with Crippen LogP contribution in [0.5, 0.6) is 11.5 Å². The van der Waals surface area contributed by atoms with E-state index < -0.39 is 28.0 Å². The number of benzene rings is 2. The molecule has 0 aliphatic rings. The van der Waals surface area contributed by atoms with Crippen molar-refractivity contribution < 1.29 is 32.2 Å². The summed E-state index contributed by atoms with van der Waals surface area (Å²) in [5.41, 5.74) is 0.796. The molecule has 31 heavy (non-hydrogen) atoms. The van der Waals surface area contributed by atoms with Crippen LogP contribution < -0.4 is 19.5 Å². The Hall–Kier alpha value is -3.11. The lowest BCUT2D eigenvalue weighted by atomic mass is 10.2. The number of methoxy groups -OCH3 is 2. The number of hydrogen-bond donors (Lipinski definition) is 2. The summed E-state index contributed by atoms with van der Waals surface area (Å²) >= 11 is 0. The average Bonchev–Trinajstić information content (AvgIpc) is 2.77. The Kier molecular flexibility index (Phi) is 8.40. The van der Waals surface area contributed by atoms with E-state index >= 15 is 0 Å². The summed E-state index contributed by atoms with van der Waals surface area (Å²) in [5.74, 6) is -0.207. The Bertz CT molecular complexity index is 1040. The number of sulfonamides is 1. The number of ether oxygens (including phenoxy) is 3. The molecule has 0 fully saturated rings. The lowest BCUT2D eigenvalue weighted by Gasteiger charge is -2.15. The first kappa shape index (κ1) is 24.2. The monoisotopic (exact) mass is 450 g/mol. The van der Waals surface area contributed by atoms with E-state index in [1.54, 1.807) is 25.1 Å². The fourth-order valence-corrected chi connectivity index (χ4v) is 3.76. The van der Waals surface area contributed by atoms with E-state index in [-0.39, 0.29) is 23.5 Å². The number of rotatable bonds is 10. The molecule has 168 valence electrons. The maximum absolute atomic E-state index is 12.4. The summed E-state index contributed by atoms with van der Waals surface area (Å²) in [5, 5.41) is 2.68. The van der Waals surface area contributed by atoms with E-state index in [0.717, 1.165) is 5.56 Å². The molecule has 9 nitrogen and oxygen atoms in total. The van der Waals surface area contributed by atoms with Crippen molar-refractivity contribution >= 4 is 21.9 Å². The number of carbonyl (C=O) groups excluding carboxylic acids is 2. The Morgan fingerprint density at radius 2 is 1.74 bits per heavy atom. The Morgan fingerprint density at radius 3 is 2.39 bits per heavy atom. The van der Waals surface area contributed by atoms with Crippen molar-refractivity contribution in [1.29, 1.82) is 0 Å². The first-order valence-corrected chi connectivity index (χ1v) is 11.0. The van der Waals surface area contributed by atoms with Crippen LogP contribution in [-0.4, -0.2) is 47.2 Å². The van der Waals surface area contributed by atoms with Gasteiger partial charge in [-0.1, -0.05) is 19.1 Å². The van der Waals surface area contributed by atoms with Gasteiger partial charge in [-0.3, -0.25) is 4.79 Å². The van der Waals surface area contributed by atoms with Gasteiger partial charge >= 0.3 is 5.97 Å². The van der Waals surface area contributed by atoms with Crippen molar-refractivity contribution in [3.8, 4) is 11.5 Å². The number of carbonyl (C=O) groups is 2. The lowest BCUT2D eigenvalue weighted by molar-refractivity contribution is -0.129. The van der Waals surface area contributed by atoms with Gasteiger partial charge in [0.05, 0.1) is 24.7 Å². The average molecular weight is 451 g/mol. The molecule has 0 radical (unpaired) electrons. The highest BCUT2D eigenvalue weighted by Gasteiger charge is 2.21. The number of amides is 1. The van der Waals surface area contributed by atoms with Gasteiger partial charge in [-0.05, 0) is 42.8 Å². The Labute approximate surface area is 181 Å². The van der Waals surface area contributed by atoms with Crippen LogP contribution in [0.2, 0.25) is 0 Å². The molecule has 0 heterocycles. The third-order valence-electron chi connectivity index (χ3n) is 4.28. The molecule has 1 unspecified atom stereocenters. The van der Waals surface area contributed by atoms with Gasteiger partial charge in [0.2, 0.25) is 10.0 Å². The topological polar surface area (TPSA) is 120 Å². The van der Waals surface area contributed by atoms with Crippen molar-refractivity contribution in [3.05, 3.63) is 53.6 Å². The van der Waals surface area contributed by atoms with E-state index in [0.29, 0.717) is 11.5 Å². The highest BCUT2D eigenvalue weighted by atomic mass is 32.2. The molecule has 0 aliphatic heterocycles. The summed E-state index contributed by atoms with van der Waals surface area (Å²) in [6, 6.07) is 10.6. The van der Waals surface area contributed by atoms with Crippen LogP contribution >= 0.6 is 0 Å². The zero-order chi connectivity index (χ0) is 23.0. The second kappa shape index (κ2) is 10.8. The Morgan fingerprint density at radius 1 is 1.03 bits per heavy atom. The maximum Gasteiger partial charge on any atom is 0.338 e. The standard InChI is InChI=1S/C21H26N2O7S/c1-5-23-31(26,27)17-8-6-7-16(12-17)21(25)30-14(2)20(24)22-13-15-9-10-18(28-3)19(11-15)29-4/h6-12,14,23H,5,13H2,1-4H3,(H,22,24). The largest absolute Gasteiger partial charge is 0.493 e. The molecule has 0 bridgehead atoms. The zero-order valence-corrected chi connectivity index (χ0v) is 18.6. The summed E-state index contributed by atoms with van der Waals surface area (Å²) < 4.78 is 42.1. The van der Waals surface area contributed by atoms with Crippen molar-refractivity contribution in [3.63, 3.8) is 0 Å². The fraction of sp³-hybridized carbons (Fsp3) is 0.333. The molecule has 0 spiro atoms. The van der Waals surface area contributed by atoms with Crippen molar-refractivity contribution in [1.82, 2.24) is 10.0 Å². The van der Waals surface area contributed by atoms with E-state index in [1.807, 2.05) is 0 Å². The molecule has 2 aromatic rings. The molecular formula is C21H26N2O7S. The molecular weight excluding hydrogens is 424 g/mol. The lowest BCUT2D eigenvalue weighted by Crippen LogP contribution is -2.35. The summed E-state index contributed by atoms with van der Waals surface area (Å²) in [6.45, 7) is 3.49. The first-order valence-electron chi connectivity index (χ1n) is 9.51. The second-order valence-corrected chi connectivity index (χ2v) is 8.25. The van der Waals surface area contributed by atoms with Gasteiger partial charge in [0.25, 0.3) is 5.91 Å². The van der Waals surface area contributed by atoms with E-state index in [2.05, 4.69) is 10.0 Å². The van der Waals surface area contributed by atoms with Crippen LogP contribution in [0.1, 0.15) is 29.8 Å². The summed E-state index contributed by atoms with van der Waals surface area (Å²) in [6.07, 6.45) is -1.08. The van der Waals surface area contributed by atoms with Crippen molar-refractivity contribution in [2.45, 2.75) is 31.4 Å². The Balaban J connectivity index is 1.99. The maximum atomic E-state index is 12.4. The number of esters is 1. The molecule has 1 atom stereocenters. The normalized spacial score (nSPS) is 12.0. The number of nitrogens with one attached hydrogen (secondary N) is 2. The van der Waals surface area contributed by atoms with Gasteiger partial charge < -0.3 is 19.5 Å².